The number of methoxy groups -OCH3 is 1. The van der Waals surface area contributed by atoms with E-state index in [1.807, 2.05) is 0 Å². The molecule has 2 rings (SSSR count). The van der Waals surface area contributed by atoms with Gasteiger partial charge in [-0.15, -0.1) is 0 Å². The van der Waals surface area contributed by atoms with Crippen molar-refractivity contribution in [3.63, 3.8) is 0 Å². The molecule has 1 N–H and O–H groups in total. The summed E-state index contributed by atoms with van der Waals surface area (Å²) < 4.78 is 31.2. The molecule has 0 unspecified atom stereocenters. The number of ether oxygens (including phenoxy) is 1. The van der Waals surface area contributed by atoms with Crippen molar-refractivity contribution in [2.45, 2.75) is 11.8 Å². The number of sulfonamides is 1. The van der Waals surface area contributed by atoms with Crippen LogP contribution >= 0.6 is 0 Å². The molecule has 0 bridgehead atoms. The maximum absolute atomic E-state index is 12.4. The lowest BCUT2D eigenvalue weighted by Gasteiger charge is -2.19. The number of aromatic nitrogens is 2. The number of anilines is 1. The summed E-state index contributed by atoms with van der Waals surface area (Å²) in [5, 5.41) is 6.37. The van der Waals surface area contributed by atoms with E-state index < -0.39 is 10.0 Å². The van der Waals surface area contributed by atoms with E-state index in [9.17, 15) is 8.42 Å². The highest BCUT2D eigenvalue weighted by molar-refractivity contribution is 7.92. The van der Waals surface area contributed by atoms with Gasteiger partial charge in [0.15, 0.2) is 0 Å². The number of H-pyrrole nitrogens is 1. The molecule has 1 aromatic heterocycles. The SMILES string of the molecule is COc1cccc(N(C)S(=O)(=O)c2cn[nH]c2C)c1. The zero-order valence-corrected chi connectivity index (χ0v) is 11.7. The third-order valence-electron chi connectivity index (χ3n) is 2.84. The second kappa shape index (κ2) is 4.93. The van der Waals surface area contributed by atoms with E-state index in [0.29, 0.717) is 17.1 Å². The summed E-state index contributed by atoms with van der Waals surface area (Å²) in [6, 6.07) is 6.86. The molecule has 0 aliphatic heterocycles. The number of hydrogen-bond donors (Lipinski definition) is 1. The quantitative estimate of drug-likeness (QED) is 0.922. The summed E-state index contributed by atoms with van der Waals surface area (Å²) in [4.78, 5) is 0.165. The maximum Gasteiger partial charge on any atom is 0.267 e. The van der Waals surface area contributed by atoms with Crippen LogP contribution in [-0.2, 0) is 10.0 Å². The van der Waals surface area contributed by atoms with Crippen LogP contribution in [0.5, 0.6) is 5.75 Å². The highest BCUT2D eigenvalue weighted by Gasteiger charge is 2.24. The zero-order chi connectivity index (χ0) is 14.0. The molecule has 19 heavy (non-hydrogen) atoms. The minimum atomic E-state index is -3.62. The lowest BCUT2D eigenvalue weighted by molar-refractivity contribution is 0.415. The van der Waals surface area contributed by atoms with Crippen molar-refractivity contribution in [3.8, 4) is 5.75 Å². The molecule has 0 aliphatic rings. The van der Waals surface area contributed by atoms with E-state index in [1.165, 1.54) is 24.7 Å². The highest BCUT2D eigenvalue weighted by Crippen LogP contribution is 2.26. The van der Waals surface area contributed by atoms with Crippen molar-refractivity contribution in [1.29, 1.82) is 0 Å². The fourth-order valence-corrected chi connectivity index (χ4v) is 3.00. The minimum Gasteiger partial charge on any atom is -0.497 e. The van der Waals surface area contributed by atoms with Crippen LogP contribution < -0.4 is 9.04 Å². The van der Waals surface area contributed by atoms with Gasteiger partial charge >= 0.3 is 0 Å². The summed E-state index contributed by atoms with van der Waals surface area (Å²) in [7, 11) is -0.588. The molecular weight excluding hydrogens is 266 g/mol. The lowest BCUT2D eigenvalue weighted by atomic mass is 10.3. The van der Waals surface area contributed by atoms with E-state index in [-0.39, 0.29) is 4.90 Å². The summed E-state index contributed by atoms with van der Waals surface area (Å²) in [5.41, 5.74) is 1.04. The van der Waals surface area contributed by atoms with Crippen LogP contribution in [0.25, 0.3) is 0 Å². The third kappa shape index (κ3) is 2.41. The minimum absolute atomic E-state index is 0.165. The van der Waals surface area contributed by atoms with E-state index in [2.05, 4.69) is 10.2 Å². The largest absolute Gasteiger partial charge is 0.497 e. The van der Waals surface area contributed by atoms with Crippen LogP contribution in [0.15, 0.2) is 35.4 Å². The van der Waals surface area contributed by atoms with Gasteiger partial charge in [-0.2, -0.15) is 5.10 Å². The first-order valence-corrected chi connectivity index (χ1v) is 7.04. The van der Waals surface area contributed by atoms with Gasteiger partial charge in [0.25, 0.3) is 10.0 Å². The number of hydrogen-bond acceptors (Lipinski definition) is 4. The van der Waals surface area contributed by atoms with Crippen molar-refractivity contribution < 1.29 is 13.2 Å². The van der Waals surface area contributed by atoms with Gasteiger partial charge in [-0.05, 0) is 19.1 Å². The lowest BCUT2D eigenvalue weighted by Crippen LogP contribution is -2.26. The van der Waals surface area contributed by atoms with Crippen LogP contribution in [0, 0.1) is 6.92 Å². The molecule has 0 amide bonds. The fraction of sp³-hybridized carbons (Fsp3) is 0.250. The van der Waals surface area contributed by atoms with Gasteiger partial charge in [0.2, 0.25) is 0 Å². The van der Waals surface area contributed by atoms with Gasteiger partial charge in [0, 0.05) is 13.1 Å². The van der Waals surface area contributed by atoms with Gasteiger partial charge in [-0.25, -0.2) is 8.42 Å². The van der Waals surface area contributed by atoms with Crippen LogP contribution in [0.4, 0.5) is 5.69 Å². The number of rotatable bonds is 4. The third-order valence-corrected chi connectivity index (χ3v) is 4.74. The van der Waals surface area contributed by atoms with Crippen molar-refractivity contribution in [3.05, 3.63) is 36.2 Å². The van der Waals surface area contributed by atoms with Crippen LogP contribution in [0.2, 0.25) is 0 Å². The Bertz CT molecular complexity index is 679. The first-order valence-electron chi connectivity index (χ1n) is 5.60. The van der Waals surface area contributed by atoms with Gasteiger partial charge in [0.05, 0.1) is 24.7 Å². The maximum atomic E-state index is 12.4. The van der Waals surface area contributed by atoms with Crippen LogP contribution in [0.3, 0.4) is 0 Å². The molecule has 0 saturated carbocycles. The van der Waals surface area contributed by atoms with Gasteiger partial charge in [-0.1, -0.05) is 6.07 Å². The second-order valence-electron chi connectivity index (χ2n) is 4.03. The average Bonchev–Trinajstić information content (AvgIpc) is 2.85. The monoisotopic (exact) mass is 281 g/mol. The molecule has 0 fully saturated rings. The second-order valence-corrected chi connectivity index (χ2v) is 5.97. The molecule has 6 nitrogen and oxygen atoms in total. The molecule has 1 heterocycles. The fourth-order valence-electron chi connectivity index (χ4n) is 1.69. The van der Waals surface area contributed by atoms with E-state index in [0.717, 1.165) is 0 Å². The van der Waals surface area contributed by atoms with E-state index >= 15 is 0 Å². The Balaban J connectivity index is 2.43. The first-order chi connectivity index (χ1) is 8.96. The molecular formula is C12H15N3O3S. The summed E-state index contributed by atoms with van der Waals surface area (Å²) in [6.45, 7) is 1.67. The number of nitrogens with zero attached hydrogens (tertiary/aromatic N) is 2. The molecule has 1 aromatic carbocycles. The molecule has 2 aromatic rings. The zero-order valence-electron chi connectivity index (χ0n) is 10.9. The van der Waals surface area contributed by atoms with Gasteiger partial charge in [0.1, 0.15) is 10.6 Å². The van der Waals surface area contributed by atoms with Gasteiger partial charge < -0.3 is 4.74 Å². The number of aromatic amines is 1. The Kier molecular flexibility index (Phi) is 3.48. The molecule has 0 aliphatic carbocycles. The molecule has 0 atom stereocenters. The van der Waals surface area contributed by atoms with Crippen molar-refractivity contribution in [1.82, 2.24) is 10.2 Å². The Morgan fingerprint density at radius 2 is 2.11 bits per heavy atom. The normalized spacial score (nSPS) is 11.3. The van der Waals surface area contributed by atoms with Crippen molar-refractivity contribution >= 4 is 15.7 Å². The van der Waals surface area contributed by atoms with E-state index in [1.54, 1.807) is 31.2 Å². The molecule has 0 radical (unpaired) electrons. The number of aryl methyl sites for hydroxylation is 1. The number of benzene rings is 1. The average molecular weight is 281 g/mol. The predicted molar refractivity (Wildman–Crippen MR) is 71.9 cm³/mol. The Morgan fingerprint density at radius 1 is 1.37 bits per heavy atom. The Labute approximate surface area is 112 Å². The number of nitrogens with one attached hydrogen (secondary N) is 1. The Hall–Kier alpha value is -2.02. The highest BCUT2D eigenvalue weighted by atomic mass is 32.2. The van der Waals surface area contributed by atoms with Crippen molar-refractivity contribution in [2.75, 3.05) is 18.5 Å². The van der Waals surface area contributed by atoms with E-state index in [4.69, 9.17) is 4.74 Å². The molecule has 0 saturated heterocycles. The van der Waals surface area contributed by atoms with Crippen LogP contribution in [-0.4, -0.2) is 32.8 Å². The summed E-state index contributed by atoms with van der Waals surface area (Å²) in [5.74, 6) is 0.600. The molecule has 102 valence electrons. The Morgan fingerprint density at radius 3 is 2.68 bits per heavy atom. The molecule has 7 heteroatoms. The topological polar surface area (TPSA) is 75.3 Å². The summed E-state index contributed by atoms with van der Waals surface area (Å²) in [6.07, 6.45) is 1.31. The predicted octanol–water partition coefficient (Wildman–Crippen LogP) is 1.55. The standard InChI is InChI=1S/C12H15N3O3S/c1-9-12(8-13-14-9)19(16,17)15(2)10-5-4-6-11(7-10)18-3/h4-8H,1-3H3,(H,13,14). The summed E-state index contributed by atoms with van der Waals surface area (Å²) >= 11 is 0. The molecule has 0 spiro atoms. The first kappa shape index (κ1) is 13.4. The van der Waals surface area contributed by atoms with Gasteiger partial charge in [-0.3, -0.25) is 9.40 Å². The smallest absolute Gasteiger partial charge is 0.267 e. The van der Waals surface area contributed by atoms with Crippen molar-refractivity contribution in [2.24, 2.45) is 0 Å². The van der Waals surface area contributed by atoms with Crippen LogP contribution in [0.1, 0.15) is 5.69 Å².